The van der Waals surface area contributed by atoms with Gasteiger partial charge in [-0.05, 0) is 99.3 Å². The maximum absolute atomic E-state index is 6.48. The fraction of sp³-hybridized carbons (Fsp3) is 0.0508. The zero-order valence-corrected chi connectivity index (χ0v) is 33.8. The maximum atomic E-state index is 6.48. The lowest BCUT2D eigenvalue weighted by atomic mass is 9.63. The Morgan fingerprint density at radius 2 is 1.06 bits per heavy atom. The molecule has 0 saturated heterocycles. The van der Waals surface area contributed by atoms with Crippen LogP contribution in [0, 0.1) is 5.92 Å². The van der Waals surface area contributed by atoms with Crippen molar-refractivity contribution in [1.29, 1.82) is 0 Å². The number of furan rings is 2. The summed E-state index contributed by atoms with van der Waals surface area (Å²) in [5.74, 6) is 0.266. The van der Waals surface area contributed by atoms with Crippen molar-refractivity contribution < 1.29 is 8.83 Å². The second-order valence-corrected chi connectivity index (χ2v) is 16.8. The predicted octanol–water partition coefficient (Wildman–Crippen LogP) is 15.6. The number of nitrogens with zero attached hydrogens (tertiary/aromatic N) is 1. The SMILES string of the molecule is C1=CC2c3ccccc3C(c3ccccc3)(c3ccccc3)C2C=C1N(c1ccc2oc3ccccc3c2c1)c1ccccc1-c1ccc2oc3cc4ccccc4cc3c2c1. The Morgan fingerprint density at radius 3 is 1.89 bits per heavy atom. The summed E-state index contributed by atoms with van der Waals surface area (Å²) in [5.41, 5.74) is 14.0. The molecule has 0 bridgehead atoms. The van der Waals surface area contributed by atoms with E-state index in [1.807, 2.05) is 6.07 Å². The number of hydrogen-bond acceptors (Lipinski definition) is 3. The molecule has 0 aliphatic heterocycles. The van der Waals surface area contributed by atoms with Gasteiger partial charge >= 0.3 is 0 Å². The van der Waals surface area contributed by atoms with Crippen molar-refractivity contribution in [2.24, 2.45) is 5.92 Å². The molecule has 0 fully saturated rings. The van der Waals surface area contributed by atoms with Gasteiger partial charge in [-0.3, -0.25) is 0 Å². The Balaban J connectivity index is 1.05. The molecule has 13 rings (SSSR count). The molecule has 2 atom stereocenters. The van der Waals surface area contributed by atoms with Crippen LogP contribution in [0.4, 0.5) is 11.4 Å². The third-order valence-corrected chi connectivity index (χ3v) is 13.6. The fourth-order valence-electron chi connectivity index (χ4n) is 10.9. The molecule has 3 heteroatoms. The Kier molecular flexibility index (Phi) is 7.65. The van der Waals surface area contributed by atoms with Gasteiger partial charge in [0.15, 0.2) is 0 Å². The van der Waals surface area contributed by atoms with Crippen LogP contribution in [0.25, 0.3) is 65.8 Å². The molecule has 0 spiro atoms. The van der Waals surface area contributed by atoms with Crippen molar-refractivity contribution in [1.82, 2.24) is 0 Å². The average Bonchev–Trinajstić information content (AvgIpc) is 3.99. The Bertz CT molecular complexity index is 3570. The first-order valence-electron chi connectivity index (χ1n) is 21.5. The molecule has 2 aliphatic carbocycles. The molecule has 9 aromatic carbocycles. The summed E-state index contributed by atoms with van der Waals surface area (Å²) in [6, 6.07) is 74.8. The lowest BCUT2D eigenvalue weighted by Crippen LogP contribution is -2.36. The summed E-state index contributed by atoms with van der Waals surface area (Å²) in [4.78, 5) is 2.47. The van der Waals surface area contributed by atoms with Gasteiger partial charge in [-0.1, -0.05) is 164 Å². The molecule has 0 N–H and O–H groups in total. The third kappa shape index (κ3) is 5.12. The number of hydrogen-bond donors (Lipinski definition) is 0. The first-order chi connectivity index (χ1) is 30.7. The topological polar surface area (TPSA) is 29.5 Å². The zero-order chi connectivity index (χ0) is 40.8. The van der Waals surface area contributed by atoms with Gasteiger partial charge in [-0.15, -0.1) is 0 Å². The van der Waals surface area contributed by atoms with Crippen molar-refractivity contribution >= 4 is 66.0 Å². The highest BCUT2D eigenvalue weighted by Gasteiger charge is 2.53. The van der Waals surface area contributed by atoms with Crippen LogP contribution in [0.1, 0.15) is 28.2 Å². The summed E-state index contributed by atoms with van der Waals surface area (Å²) in [7, 11) is 0. The van der Waals surface area contributed by atoms with Crippen LogP contribution in [-0.2, 0) is 5.41 Å². The van der Waals surface area contributed by atoms with Crippen LogP contribution < -0.4 is 4.90 Å². The molecule has 0 saturated carbocycles. The first kappa shape index (κ1) is 34.9. The van der Waals surface area contributed by atoms with E-state index in [-0.39, 0.29) is 11.8 Å². The minimum atomic E-state index is -0.423. The molecule has 0 radical (unpaired) electrons. The van der Waals surface area contributed by atoms with Crippen molar-refractivity contribution in [2.75, 3.05) is 4.90 Å². The van der Waals surface area contributed by atoms with Crippen molar-refractivity contribution in [2.45, 2.75) is 11.3 Å². The van der Waals surface area contributed by atoms with Crippen molar-refractivity contribution in [3.05, 3.63) is 252 Å². The van der Waals surface area contributed by atoms with Gasteiger partial charge in [0.05, 0.1) is 11.1 Å². The molecule has 2 aliphatic rings. The van der Waals surface area contributed by atoms with Gasteiger partial charge in [0.25, 0.3) is 0 Å². The second kappa shape index (κ2) is 13.6. The smallest absolute Gasteiger partial charge is 0.136 e. The van der Waals surface area contributed by atoms with Gasteiger partial charge in [0, 0.05) is 50.3 Å². The summed E-state index contributed by atoms with van der Waals surface area (Å²) >= 11 is 0. The molecule has 2 heterocycles. The Hall–Kier alpha value is -7.88. The normalized spacial score (nSPS) is 16.5. The molecule has 11 aromatic rings. The largest absolute Gasteiger partial charge is 0.456 e. The molecule has 3 nitrogen and oxygen atoms in total. The third-order valence-electron chi connectivity index (χ3n) is 13.6. The van der Waals surface area contributed by atoms with E-state index >= 15 is 0 Å². The zero-order valence-electron chi connectivity index (χ0n) is 33.8. The number of anilines is 2. The lowest BCUT2D eigenvalue weighted by molar-refractivity contribution is 0.454. The fourth-order valence-corrected chi connectivity index (χ4v) is 10.9. The number of para-hydroxylation sites is 2. The van der Waals surface area contributed by atoms with E-state index < -0.39 is 5.41 Å². The van der Waals surface area contributed by atoms with Gasteiger partial charge in [-0.2, -0.15) is 0 Å². The number of benzene rings is 9. The van der Waals surface area contributed by atoms with E-state index in [0.29, 0.717) is 0 Å². The molecule has 0 amide bonds. The van der Waals surface area contributed by atoms with E-state index in [9.17, 15) is 0 Å². The quantitative estimate of drug-likeness (QED) is 0.168. The molecule has 2 unspecified atom stereocenters. The van der Waals surface area contributed by atoms with Crippen molar-refractivity contribution in [3.63, 3.8) is 0 Å². The summed E-state index contributed by atoms with van der Waals surface area (Å²) in [5, 5.41) is 6.80. The van der Waals surface area contributed by atoms with Gasteiger partial charge in [0.2, 0.25) is 0 Å². The highest BCUT2D eigenvalue weighted by atomic mass is 16.3. The molecular weight excluding hydrogens is 755 g/mol. The molecule has 292 valence electrons. The van der Waals surface area contributed by atoms with E-state index in [4.69, 9.17) is 8.83 Å². The van der Waals surface area contributed by atoms with E-state index in [1.165, 1.54) is 33.0 Å². The summed E-state index contributed by atoms with van der Waals surface area (Å²) in [6.07, 6.45) is 7.38. The average molecular weight is 794 g/mol. The van der Waals surface area contributed by atoms with Gasteiger partial charge in [-0.25, -0.2) is 0 Å². The van der Waals surface area contributed by atoms with E-state index in [1.54, 1.807) is 0 Å². The van der Waals surface area contributed by atoms with Crippen LogP contribution in [0.2, 0.25) is 0 Å². The highest BCUT2D eigenvalue weighted by molar-refractivity contribution is 6.11. The van der Waals surface area contributed by atoms with Crippen LogP contribution in [0.3, 0.4) is 0 Å². The Morgan fingerprint density at radius 1 is 0.452 bits per heavy atom. The number of rotatable bonds is 6. The van der Waals surface area contributed by atoms with Crippen LogP contribution in [0.15, 0.2) is 239 Å². The summed E-state index contributed by atoms with van der Waals surface area (Å²) < 4.78 is 12.9. The number of fused-ring (bicyclic) bond motifs is 10. The Labute approximate surface area is 359 Å². The van der Waals surface area contributed by atoms with Crippen LogP contribution >= 0.6 is 0 Å². The maximum Gasteiger partial charge on any atom is 0.136 e. The predicted molar refractivity (Wildman–Crippen MR) is 255 cm³/mol. The van der Waals surface area contributed by atoms with E-state index in [2.05, 4.69) is 223 Å². The lowest BCUT2D eigenvalue weighted by Gasteiger charge is -2.40. The first-order valence-corrected chi connectivity index (χ1v) is 21.5. The molecular formula is C59H39NO2. The molecule has 62 heavy (non-hydrogen) atoms. The molecule has 2 aromatic heterocycles. The van der Waals surface area contributed by atoms with Gasteiger partial charge < -0.3 is 13.7 Å². The summed E-state index contributed by atoms with van der Waals surface area (Å²) in [6.45, 7) is 0. The van der Waals surface area contributed by atoms with Crippen LogP contribution in [0.5, 0.6) is 0 Å². The standard InChI is InChI=1S/C59H39NO2/c1-3-17-41(18-4-1)59(42-19-5-2-6-20-42)52-24-12-9-22-46(52)47-30-28-44(37-53(47)59)60(43-29-32-57-51(36-43)48-23-11-14-26-55(48)61-57)54-25-13-10-21-45(54)40-27-31-56-49(34-40)50-33-38-15-7-8-16-39(38)35-58(50)62-56/h1-37,47,53H. The number of allylic oxidation sites excluding steroid dienone is 3. The monoisotopic (exact) mass is 793 g/mol. The van der Waals surface area contributed by atoms with Crippen molar-refractivity contribution in [3.8, 4) is 11.1 Å². The minimum Gasteiger partial charge on any atom is -0.456 e. The van der Waals surface area contributed by atoms with Crippen LogP contribution in [-0.4, -0.2) is 0 Å². The second-order valence-electron chi connectivity index (χ2n) is 16.8. The highest BCUT2D eigenvalue weighted by Crippen LogP contribution is 2.60. The van der Waals surface area contributed by atoms with Gasteiger partial charge in [0.1, 0.15) is 22.3 Å². The minimum absolute atomic E-state index is 0.0846. The van der Waals surface area contributed by atoms with E-state index in [0.717, 1.165) is 72.1 Å².